The number of sulfonamides is 1. The number of nitrogens with one attached hydrogen (secondary N) is 1. The molecule has 0 radical (unpaired) electrons. The molecule has 2 aromatic carbocycles. The Kier molecular flexibility index (Phi) is 5.50. The van der Waals surface area contributed by atoms with Crippen molar-refractivity contribution in [2.24, 2.45) is 0 Å². The first-order chi connectivity index (χ1) is 14.7. The van der Waals surface area contributed by atoms with Crippen LogP contribution >= 0.6 is 23.2 Å². The van der Waals surface area contributed by atoms with Crippen LogP contribution in [0.25, 0.3) is 10.8 Å². The van der Waals surface area contributed by atoms with Crippen LogP contribution in [0.1, 0.15) is 5.56 Å². The van der Waals surface area contributed by atoms with Gasteiger partial charge in [0.2, 0.25) is 0 Å². The molecule has 1 aliphatic heterocycles. The molecule has 160 valence electrons. The molecule has 1 amide bonds. The number of amides is 1. The van der Waals surface area contributed by atoms with Crippen LogP contribution in [-0.2, 0) is 24.3 Å². The van der Waals surface area contributed by atoms with Gasteiger partial charge in [-0.25, -0.2) is 13.4 Å². The molecular formula is C20H15Cl2N3O5S. The van der Waals surface area contributed by atoms with Gasteiger partial charge in [0.1, 0.15) is 6.54 Å². The van der Waals surface area contributed by atoms with E-state index in [-0.39, 0.29) is 15.7 Å². The van der Waals surface area contributed by atoms with Crippen molar-refractivity contribution in [3.8, 4) is 0 Å². The van der Waals surface area contributed by atoms with E-state index in [0.29, 0.717) is 21.7 Å². The van der Waals surface area contributed by atoms with E-state index >= 15 is 0 Å². The molecule has 0 aliphatic carbocycles. The molecule has 0 unspecified atom stereocenters. The van der Waals surface area contributed by atoms with Crippen molar-refractivity contribution >= 4 is 67.4 Å². The van der Waals surface area contributed by atoms with Gasteiger partial charge in [0.15, 0.2) is 12.4 Å². The number of ether oxygens (including phenoxy) is 1. The summed E-state index contributed by atoms with van der Waals surface area (Å²) < 4.78 is 31.7. The fraction of sp³-hybridized carbons (Fsp3) is 0.150. The average Bonchev–Trinajstić information content (AvgIpc) is 2.96. The Labute approximate surface area is 187 Å². The lowest BCUT2D eigenvalue weighted by Crippen LogP contribution is -2.34. The number of pyridine rings is 1. The maximum atomic E-state index is 12.9. The second kappa shape index (κ2) is 7.99. The summed E-state index contributed by atoms with van der Waals surface area (Å²) in [6.07, 6.45) is 1.33. The zero-order chi connectivity index (χ0) is 22.3. The van der Waals surface area contributed by atoms with E-state index < -0.39 is 35.1 Å². The summed E-state index contributed by atoms with van der Waals surface area (Å²) in [6, 6.07) is 10.0. The number of carbonyl (C=O) groups excluding carboxylic acids is 2. The van der Waals surface area contributed by atoms with Gasteiger partial charge in [0.25, 0.3) is 15.9 Å². The summed E-state index contributed by atoms with van der Waals surface area (Å²) in [4.78, 5) is 28.5. The SMILES string of the molecule is Cc1c(Cl)cnc(NC(=O)COC(=O)CN2c3cccc4cccc(c34)S2(=O)=O)c1Cl. The van der Waals surface area contributed by atoms with E-state index in [1.165, 1.54) is 12.3 Å². The third-order valence-corrected chi connectivity index (χ3v) is 7.42. The summed E-state index contributed by atoms with van der Waals surface area (Å²) in [5.41, 5.74) is 0.931. The fourth-order valence-electron chi connectivity index (χ4n) is 3.25. The van der Waals surface area contributed by atoms with Crippen molar-refractivity contribution in [1.29, 1.82) is 0 Å². The van der Waals surface area contributed by atoms with Crippen molar-refractivity contribution in [2.45, 2.75) is 11.8 Å². The van der Waals surface area contributed by atoms with Crippen LogP contribution in [0.2, 0.25) is 10.0 Å². The smallest absolute Gasteiger partial charge is 0.327 e. The quantitative estimate of drug-likeness (QED) is 0.560. The predicted octanol–water partition coefficient (Wildman–Crippen LogP) is 3.54. The van der Waals surface area contributed by atoms with Crippen LogP contribution in [0.5, 0.6) is 0 Å². The molecule has 3 aromatic rings. The minimum atomic E-state index is -3.90. The van der Waals surface area contributed by atoms with Gasteiger partial charge in [-0.15, -0.1) is 0 Å². The number of rotatable bonds is 5. The van der Waals surface area contributed by atoms with Crippen LogP contribution in [0.15, 0.2) is 47.5 Å². The third kappa shape index (κ3) is 3.80. The van der Waals surface area contributed by atoms with E-state index in [2.05, 4.69) is 10.3 Å². The van der Waals surface area contributed by atoms with Crippen molar-refractivity contribution in [2.75, 3.05) is 22.8 Å². The molecule has 0 bridgehead atoms. The van der Waals surface area contributed by atoms with Crippen molar-refractivity contribution in [1.82, 2.24) is 4.98 Å². The fourth-order valence-corrected chi connectivity index (χ4v) is 5.29. The minimum absolute atomic E-state index is 0.0777. The van der Waals surface area contributed by atoms with Crippen molar-refractivity contribution in [3.05, 3.63) is 58.2 Å². The van der Waals surface area contributed by atoms with Crippen molar-refractivity contribution in [3.63, 3.8) is 0 Å². The number of hydrogen-bond donors (Lipinski definition) is 1. The van der Waals surface area contributed by atoms with E-state index in [9.17, 15) is 18.0 Å². The maximum Gasteiger partial charge on any atom is 0.327 e. The number of aromatic nitrogens is 1. The highest BCUT2D eigenvalue weighted by Crippen LogP contribution is 2.41. The number of carbonyl (C=O) groups is 2. The maximum absolute atomic E-state index is 12.9. The van der Waals surface area contributed by atoms with Crippen molar-refractivity contribution < 1.29 is 22.7 Å². The molecule has 8 nitrogen and oxygen atoms in total. The highest BCUT2D eigenvalue weighted by Gasteiger charge is 2.37. The Morgan fingerprint density at radius 1 is 1.16 bits per heavy atom. The lowest BCUT2D eigenvalue weighted by molar-refractivity contribution is -0.145. The minimum Gasteiger partial charge on any atom is -0.454 e. The summed E-state index contributed by atoms with van der Waals surface area (Å²) in [6.45, 7) is 0.461. The first kappa shape index (κ1) is 21.4. The van der Waals surface area contributed by atoms with E-state index in [4.69, 9.17) is 27.9 Å². The monoisotopic (exact) mass is 479 g/mol. The number of nitrogens with zero attached hydrogens (tertiary/aromatic N) is 2. The molecule has 1 aromatic heterocycles. The topological polar surface area (TPSA) is 106 Å². The lowest BCUT2D eigenvalue weighted by atomic mass is 10.1. The van der Waals surface area contributed by atoms with Crippen LogP contribution in [0, 0.1) is 6.92 Å². The molecule has 2 heterocycles. The molecule has 0 atom stereocenters. The van der Waals surface area contributed by atoms with Gasteiger partial charge in [-0.1, -0.05) is 47.5 Å². The Bertz CT molecular complexity index is 1340. The van der Waals surface area contributed by atoms with Gasteiger partial charge in [0, 0.05) is 11.6 Å². The molecule has 31 heavy (non-hydrogen) atoms. The van der Waals surface area contributed by atoms with Crippen LogP contribution in [0.3, 0.4) is 0 Å². The third-order valence-electron chi connectivity index (χ3n) is 4.78. The number of anilines is 2. The molecule has 0 saturated carbocycles. The Balaban J connectivity index is 1.44. The highest BCUT2D eigenvalue weighted by atomic mass is 35.5. The normalized spacial score (nSPS) is 14.0. The van der Waals surface area contributed by atoms with Gasteiger partial charge >= 0.3 is 5.97 Å². The van der Waals surface area contributed by atoms with E-state index in [0.717, 1.165) is 9.69 Å². The van der Waals surface area contributed by atoms with Crippen LogP contribution in [-0.4, -0.2) is 38.4 Å². The molecule has 1 aliphatic rings. The van der Waals surface area contributed by atoms with Crippen LogP contribution < -0.4 is 9.62 Å². The first-order valence-electron chi connectivity index (χ1n) is 9.00. The second-order valence-corrected chi connectivity index (χ2v) is 9.36. The van der Waals surface area contributed by atoms with Gasteiger partial charge in [-0.2, -0.15) is 0 Å². The molecular weight excluding hydrogens is 465 g/mol. The van der Waals surface area contributed by atoms with Gasteiger partial charge in [-0.3, -0.25) is 13.9 Å². The summed E-state index contributed by atoms with van der Waals surface area (Å²) in [5.74, 6) is -1.48. The van der Waals surface area contributed by atoms with Gasteiger partial charge in [0.05, 0.1) is 20.6 Å². The van der Waals surface area contributed by atoms with E-state index in [1.54, 1.807) is 37.3 Å². The molecule has 4 rings (SSSR count). The highest BCUT2D eigenvalue weighted by molar-refractivity contribution is 7.93. The Morgan fingerprint density at radius 3 is 2.61 bits per heavy atom. The zero-order valence-corrected chi connectivity index (χ0v) is 18.4. The number of benzene rings is 2. The number of halogens is 2. The number of hydrogen-bond acceptors (Lipinski definition) is 6. The van der Waals surface area contributed by atoms with E-state index in [1.807, 2.05) is 0 Å². The standard InChI is InChI=1S/C20H15Cl2N3O5S/c1-11-13(21)8-23-20(19(11)22)24-16(26)10-30-17(27)9-25-14-6-2-4-12-5-3-7-15(18(12)14)31(25,28)29/h2-8H,9-10H2,1H3,(H,23,24,26). The van der Waals surface area contributed by atoms with Crippen LogP contribution in [0.4, 0.5) is 11.5 Å². The molecule has 0 saturated heterocycles. The average molecular weight is 480 g/mol. The summed E-state index contributed by atoms with van der Waals surface area (Å²) in [5, 5.41) is 4.23. The largest absolute Gasteiger partial charge is 0.454 e. The Hall–Kier alpha value is -2.88. The molecule has 0 spiro atoms. The molecule has 0 fully saturated rings. The predicted molar refractivity (Wildman–Crippen MR) is 117 cm³/mol. The number of esters is 1. The first-order valence-corrected chi connectivity index (χ1v) is 11.2. The van der Waals surface area contributed by atoms with Gasteiger partial charge < -0.3 is 10.1 Å². The lowest BCUT2D eigenvalue weighted by Gasteiger charge is -2.17. The molecule has 1 N–H and O–H groups in total. The second-order valence-electron chi connectivity index (χ2n) is 6.75. The summed E-state index contributed by atoms with van der Waals surface area (Å²) >= 11 is 12.0. The summed E-state index contributed by atoms with van der Waals surface area (Å²) in [7, 11) is -3.90. The Morgan fingerprint density at radius 2 is 1.87 bits per heavy atom. The zero-order valence-electron chi connectivity index (χ0n) is 16.1. The van der Waals surface area contributed by atoms with Gasteiger partial charge in [-0.05, 0) is 30.0 Å². The molecule has 11 heteroatoms.